The average molecular weight is 430 g/mol. The first-order valence-corrected chi connectivity index (χ1v) is 11.9. The number of anilines is 1. The summed E-state index contributed by atoms with van der Waals surface area (Å²) in [7, 11) is -1.61. The Morgan fingerprint density at radius 2 is 1.80 bits per heavy atom. The summed E-state index contributed by atoms with van der Waals surface area (Å²) in [6, 6.07) is 14.8. The number of rotatable bonds is 7. The molecule has 162 valence electrons. The Hall–Kier alpha value is -2.38. The van der Waals surface area contributed by atoms with Gasteiger partial charge in [-0.3, -0.25) is 4.79 Å². The van der Waals surface area contributed by atoms with Crippen LogP contribution in [0.2, 0.25) is 0 Å². The maximum Gasteiger partial charge on any atom is 0.251 e. The van der Waals surface area contributed by atoms with Crippen LogP contribution in [0.4, 0.5) is 5.69 Å². The topological polar surface area (TPSA) is 69.7 Å². The highest BCUT2D eigenvalue weighted by molar-refractivity contribution is 7.89. The van der Waals surface area contributed by atoms with Gasteiger partial charge in [-0.2, -0.15) is 4.31 Å². The van der Waals surface area contributed by atoms with Crippen molar-refractivity contribution in [3.05, 3.63) is 59.7 Å². The molecular weight excluding hydrogens is 398 g/mol. The van der Waals surface area contributed by atoms with E-state index in [1.165, 1.54) is 10.4 Å². The van der Waals surface area contributed by atoms with E-state index in [2.05, 4.69) is 17.1 Å². The van der Waals surface area contributed by atoms with Gasteiger partial charge in [0, 0.05) is 44.5 Å². The molecule has 1 heterocycles. The van der Waals surface area contributed by atoms with Crippen molar-refractivity contribution in [1.82, 2.24) is 9.62 Å². The molecule has 0 aromatic heterocycles. The number of carbonyl (C=O) groups is 1. The molecule has 2 aromatic carbocycles. The lowest BCUT2D eigenvalue weighted by molar-refractivity contribution is 0.0954. The number of carbonyl (C=O) groups excluding carboxylic acids is 1. The molecule has 1 fully saturated rings. The SMILES string of the molecule is Cc1ccc(S(=O)(=O)N2CCC(C)CC2)cc1C(=O)NCCN(C)c1ccccc1. The molecule has 0 atom stereocenters. The number of hydrogen-bond donors (Lipinski definition) is 1. The molecule has 30 heavy (non-hydrogen) atoms. The lowest BCUT2D eigenvalue weighted by Crippen LogP contribution is -2.38. The maximum absolute atomic E-state index is 13.0. The van der Waals surface area contributed by atoms with E-state index < -0.39 is 10.0 Å². The molecule has 1 N–H and O–H groups in total. The minimum atomic E-state index is -3.58. The Morgan fingerprint density at radius 3 is 2.47 bits per heavy atom. The second-order valence-corrected chi connectivity index (χ2v) is 10.0. The largest absolute Gasteiger partial charge is 0.373 e. The van der Waals surface area contributed by atoms with Crippen LogP contribution >= 0.6 is 0 Å². The number of aryl methyl sites for hydroxylation is 1. The van der Waals surface area contributed by atoms with Crippen LogP contribution in [0.25, 0.3) is 0 Å². The van der Waals surface area contributed by atoms with Gasteiger partial charge < -0.3 is 10.2 Å². The molecule has 6 nitrogen and oxygen atoms in total. The number of nitrogens with zero attached hydrogens (tertiary/aromatic N) is 2. The van der Waals surface area contributed by atoms with E-state index in [1.807, 2.05) is 44.3 Å². The molecule has 0 aliphatic carbocycles. The number of sulfonamides is 1. The zero-order valence-electron chi connectivity index (χ0n) is 18.0. The van der Waals surface area contributed by atoms with Gasteiger partial charge in [-0.05, 0) is 55.5 Å². The van der Waals surface area contributed by atoms with Gasteiger partial charge in [0.05, 0.1) is 4.90 Å². The van der Waals surface area contributed by atoms with Gasteiger partial charge in [0.25, 0.3) is 5.91 Å². The van der Waals surface area contributed by atoms with Gasteiger partial charge in [-0.1, -0.05) is 31.2 Å². The Labute approximate surface area is 179 Å². The van der Waals surface area contributed by atoms with Gasteiger partial charge in [-0.25, -0.2) is 8.42 Å². The quantitative estimate of drug-likeness (QED) is 0.733. The second kappa shape index (κ2) is 9.62. The molecule has 0 unspecified atom stereocenters. The third-order valence-corrected chi connectivity index (χ3v) is 7.66. The molecule has 1 amide bonds. The minimum absolute atomic E-state index is 0.189. The van der Waals surface area contributed by atoms with E-state index in [0.29, 0.717) is 37.7 Å². The Bertz CT molecular complexity index is 968. The predicted octanol–water partition coefficient (Wildman–Crippen LogP) is 3.28. The molecule has 0 saturated carbocycles. The number of benzene rings is 2. The van der Waals surface area contributed by atoms with Gasteiger partial charge in [0.1, 0.15) is 0 Å². The van der Waals surface area contributed by atoms with Gasteiger partial charge in [-0.15, -0.1) is 0 Å². The Kier molecular flexibility index (Phi) is 7.15. The zero-order chi connectivity index (χ0) is 21.7. The van der Waals surface area contributed by atoms with Crippen molar-refractivity contribution in [2.24, 2.45) is 5.92 Å². The fraction of sp³-hybridized carbons (Fsp3) is 0.435. The van der Waals surface area contributed by atoms with E-state index >= 15 is 0 Å². The normalized spacial score (nSPS) is 15.7. The Morgan fingerprint density at radius 1 is 1.13 bits per heavy atom. The monoisotopic (exact) mass is 429 g/mol. The van der Waals surface area contributed by atoms with Crippen LogP contribution in [0.3, 0.4) is 0 Å². The molecular formula is C23H31N3O3S. The molecule has 0 spiro atoms. The number of para-hydroxylation sites is 1. The summed E-state index contributed by atoms with van der Waals surface area (Å²) >= 11 is 0. The van der Waals surface area contributed by atoms with Crippen molar-refractivity contribution in [3.63, 3.8) is 0 Å². The van der Waals surface area contributed by atoms with Crippen LogP contribution in [-0.4, -0.2) is 51.9 Å². The fourth-order valence-electron chi connectivity index (χ4n) is 3.62. The number of amides is 1. The van der Waals surface area contributed by atoms with E-state index in [0.717, 1.165) is 24.1 Å². The zero-order valence-corrected chi connectivity index (χ0v) is 18.8. The molecule has 0 bridgehead atoms. The molecule has 0 radical (unpaired) electrons. The van der Waals surface area contributed by atoms with Crippen LogP contribution in [0.5, 0.6) is 0 Å². The van der Waals surface area contributed by atoms with Gasteiger partial charge in [0.2, 0.25) is 10.0 Å². The van der Waals surface area contributed by atoms with Crippen LogP contribution in [0.15, 0.2) is 53.4 Å². The lowest BCUT2D eigenvalue weighted by atomic mass is 10.0. The summed E-state index contributed by atoms with van der Waals surface area (Å²) in [6.07, 6.45) is 1.74. The second-order valence-electron chi connectivity index (χ2n) is 8.08. The van der Waals surface area contributed by atoms with Crippen molar-refractivity contribution in [3.8, 4) is 0 Å². The number of piperidine rings is 1. The molecule has 1 aliphatic heterocycles. The number of likely N-dealkylation sites (N-methyl/N-ethyl adjacent to an activating group) is 1. The molecule has 3 rings (SSSR count). The van der Waals surface area contributed by atoms with Gasteiger partial charge in [0.15, 0.2) is 0 Å². The molecule has 7 heteroatoms. The number of nitrogens with one attached hydrogen (secondary N) is 1. The van der Waals surface area contributed by atoms with Crippen molar-refractivity contribution in [2.45, 2.75) is 31.6 Å². The van der Waals surface area contributed by atoms with E-state index in [-0.39, 0.29) is 10.8 Å². The fourth-order valence-corrected chi connectivity index (χ4v) is 5.12. The highest BCUT2D eigenvalue weighted by Gasteiger charge is 2.28. The van der Waals surface area contributed by atoms with Crippen molar-refractivity contribution >= 4 is 21.6 Å². The summed E-state index contributed by atoms with van der Waals surface area (Å²) in [5.41, 5.74) is 2.24. The third kappa shape index (κ3) is 5.21. The number of hydrogen-bond acceptors (Lipinski definition) is 4. The average Bonchev–Trinajstić information content (AvgIpc) is 2.74. The summed E-state index contributed by atoms with van der Waals surface area (Å²) in [4.78, 5) is 15.0. The van der Waals surface area contributed by atoms with E-state index in [1.54, 1.807) is 12.1 Å². The summed E-state index contributed by atoms with van der Waals surface area (Å²) in [5.74, 6) is 0.295. The lowest BCUT2D eigenvalue weighted by Gasteiger charge is -2.29. The van der Waals surface area contributed by atoms with Crippen LogP contribution < -0.4 is 10.2 Å². The molecule has 1 aliphatic rings. The van der Waals surface area contributed by atoms with Crippen molar-refractivity contribution in [1.29, 1.82) is 0 Å². The molecule has 2 aromatic rings. The first-order chi connectivity index (χ1) is 14.3. The Balaban J connectivity index is 1.66. The van der Waals surface area contributed by atoms with Crippen molar-refractivity contribution in [2.75, 3.05) is 38.1 Å². The first-order valence-electron chi connectivity index (χ1n) is 10.4. The smallest absolute Gasteiger partial charge is 0.251 e. The third-order valence-electron chi connectivity index (χ3n) is 5.76. The predicted molar refractivity (Wildman–Crippen MR) is 120 cm³/mol. The van der Waals surface area contributed by atoms with Crippen LogP contribution in [-0.2, 0) is 10.0 Å². The minimum Gasteiger partial charge on any atom is -0.373 e. The first kappa shape index (κ1) is 22.3. The van der Waals surface area contributed by atoms with E-state index in [9.17, 15) is 13.2 Å². The summed E-state index contributed by atoms with van der Waals surface area (Å²) in [5, 5.41) is 2.92. The maximum atomic E-state index is 13.0. The highest BCUT2D eigenvalue weighted by Crippen LogP contribution is 2.25. The van der Waals surface area contributed by atoms with Crippen molar-refractivity contribution < 1.29 is 13.2 Å². The standard InChI is InChI=1S/C23H31N3O3S/c1-18-11-14-26(15-12-18)30(28,29)21-10-9-19(2)22(17-21)23(27)24-13-16-25(3)20-7-5-4-6-8-20/h4-10,17-18H,11-16H2,1-3H3,(H,24,27). The molecule has 1 saturated heterocycles. The van der Waals surface area contributed by atoms with Crippen LogP contribution in [0.1, 0.15) is 35.7 Å². The van der Waals surface area contributed by atoms with E-state index in [4.69, 9.17) is 0 Å². The highest BCUT2D eigenvalue weighted by atomic mass is 32.2. The summed E-state index contributed by atoms with van der Waals surface area (Å²) in [6.45, 7) is 6.15. The van der Waals surface area contributed by atoms with Crippen LogP contribution in [0, 0.1) is 12.8 Å². The summed E-state index contributed by atoms with van der Waals surface area (Å²) < 4.78 is 27.6. The van der Waals surface area contributed by atoms with Gasteiger partial charge >= 0.3 is 0 Å².